The fourth-order valence-corrected chi connectivity index (χ4v) is 2.23. The molecule has 2 rings (SSSR count). The number of hydrogen-bond acceptors (Lipinski definition) is 3. The van der Waals surface area contributed by atoms with E-state index in [1.165, 1.54) is 0 Å². The Kier molecular flexibility index (Phi) is 6.35. The van der Waals surface area contributed by atoms with Gasteiger partial charge in [-0.2, -0.15) is 5.10 Å². The average Bonchev–Trinajstić information content (AvgIpc) is 2.55. The fourth-order valence-electron chi connectivity index (χ4n) is 1.97. The number of nitrogens with one attached hydrogen (secondary N) is 1. The van der Waals surface area contributed by atoms with E-state index < -0.39 is 0 Å². The van der Waals surface area contributed by atoms with Gasteiger partial charge in [-0.1, -0.05) is 60.1 Å². The van der Waals surface area contributed by atoms with E-state index in [-0.39, 0.29) is 18.4 Å². The van der Waals surface area contributed by atoms with Crippen molar-refractivity contribution in [3.8, 4) is 5.75 Å². The summed E-state index contributed by atoms with van der Waals surface area (Å²) < 4.78 is 6.38. The van der Waals surface area contributed by atoms with E-state index in [9.17, 15) is 4.79 Å². The smallest absolute Gasteiger partial charge is 0.277 e. The topological polar surface area (TPSA) is 50.7 Å². The molecule has 120 valence electrons. The first kappa shape index (κ1) is 17.2. The van der Waals surface area contributed by atoms with Crippen LogP contribution in [0, 0.1) is 5.92 Å². The standard InChI is InChI=1S/C18H19BrN2O2/c1-13(2)18(14-6-4-3-5-7-14)21-20-17(22)12-23-16-10-8-15(19)9-11-16/h3-11,13H,12H2,1-2H3,(H,20,22). The second kappa shape index (κ2) is 8.48. The van der Waals surface area contributed by atoms with Gasteiger partial charge >= 0.3 is 0 Å². The lowest BCUT2D eigenvalue weighted by atomic mass is 10.0. The number of halogens is 1. The van der Waals surface area contributed by atoms with Crippen LogP contribution in [0.25, 0.3) is 0 Å². The van der Waals surface area contributed by atoms with E-state index in [4.69, 9.17) is 4.74 Å². The minimum Gasteiger partial charge on any atom is -0.484 e. The summed E-state index contributed by atoms with van der Waals surface area (Å²) in [6, 6.07) is 17.1. The molecule has 0 saturated heterocycles. The molecule has 0 aliphatic heterocycles. The van der Waals surface area contributed by atoms with Gasteiger partial charge in [0.2, 0.25) is 0 Å². The van der Waals surface area contributed by atoms with Crippen molar-refractivity contribution in [2.75, 3.05) is 6.61 Å². The maximum Gasteiger partial charge on any atom is 0.277 e. The summed E-state index contributed by atoms with van der Waals surface area (Å²) in [4.78, 5) is 11.9. The summed E-state index contributed by atoms with van der Waals surface area (Å²) >= 11 is 3.35. The van der Waals surface area contributed by atoms with Crippen LogP contribution in [0.4, 0.5) is 0 Å². The lowest BCUT2D eigenvalue weighted by Gasteiger charge is -2.11. The molecule has 0 heterocycles. The van der Waals surface area contributed by atoms with E-state index in [1.807, 2.05) is 56.3 Å². The number of hydrogen-bond donors (Lipinski definition) is 1. The number of hydrazone groups is 1. The molecule has 4 nitrogen and oxygen atoms in total. The van der Waals surface area contributed by atoms with Crippen molar-refractivity contribution < 1.29 is 9.53 Å². The fraction of sp³-hybridized carbons (Fsp3) is 0.222. The number of carbonyl (C=O) groups excluding carboxylic acids is 1. The third-order valence-corrected chi connectivity index (χ3v) is 3.63. The average molecular weight is 375 g/mol. The van der Waals surface area contributed by atoms with Crippen LogP contribution < -0.4 is 10.2 Å². The van der Waals surface area contributed by atoms with Gasteiger partial charge < -0.3 is 4.74 Å². The third kappa shape index (κ3) is 5.53. The Morgan fingerprint density at radius 2 is 1.78 bits per heavy atom. The summed E-state index contributed by atoms with van der Waals surface area (Å²) in [6.45, 7) is 4.00. The van der Waals surface area contributed by atoms with Gasteiger partial charge in [0.1, 0.15) is 5.75 Å². The van der Waals surface area contributed by atoms with Crippen molar-refractivity contribution in [1.29, 1.82) is 0 Å². The quantitative estimate of drug-likeness (QED) is 0.613. The molecule has 23 heavy (non-hydrogen) atoms. The molecule has 0 fully saturated rings. The molecule has 0 bridgehead atoms. The first-order valence-corrected chi connectivity index (χ1v) is 8.16. The molecule has 1 amide bonds. The summed E-state index contributed by atoms with van der Waals surface area (Å²) in [5.41, 5.74) is 4.39. The van der Waals surface area contributed by atoms with Gasteiger partial charge in [-0.25, -0.2) is 5.43 Å². The second-order valence-electron chi connectivity index (χ2n) is 5.30. The highest BCUT2D eigenvalue weighted by Crippen LogP contribution is 2.15. The maximum absolute atomic E-state index is 11.9. The minimum atomic E-state index is -0.290. The molecule has 0 atom stereocenters. The van der Waals surface area contributed by atoms with Gasteiger partial charge in [0, 0.05) is 4.47 Å². The third-order valence-electron chi connectivity index (χ3n) is 3.10. The van der Waals surface area contributed by atoms with Crippen molar-refractivity contribution in [3.05, 3.63) is 64.6 Å². The van der Waals surface area contributed by atoms with Crippen LogP contribution in [0.5, 0.6) is 5.75 Å². The lowest BCUT2D eigenvalue weighted by Crippen LogP contribution is -2.27. The highest BCUT2D eigenvalue weighted by atomic mass is 79.9. The number of benzene rings is 2. The van der Waals surface area contributed by atoms with Crippen molar-refractivity contribution >= 4 is 27.5 Å². The van der Waals surface area contributed by atoms with Gasteiger partial charge in [0.25, 0.3) is 5.91 Å². The summed E-state index contributed by atoms with van der Waals surface area (Å²) in [5, 5.41) is 4.25. The SMILES string of the molecule is CC(C)C(=NNC(=O)COc1ccc(Br)cc1)c1ccccc1. The Balaban J connectivity index is 1.94. The van der Waals surface area contributed by atoms with Crippen LogP contribution in [0.15, 0.2) is 64.2 Å². The number of ether oxygens (including phenoxy) is 1. The van der Waals surface area contributed by atoms with Gasteiger partial charge in [-0.15, -0.1) is 0 Å². The Bertz CT molecular complexity index is 667. The van der Waals surface area contributed by atoms with E-state index in [1.54, 1.807) is 12.1 Å². The molecule has 0 aromatic heterocycles. The highest BCUT2D eigenvalue weighted by Gasteiger charge is 2.09. The van der Waals surface area contributed by atoms with Crippen molar-refractivity contribution in [2.24, 2.45) is 11.0 Å². The number of nitrogens with zero attached hydrogens (tertiary/aromatic N) is 1. The molecule has 5 heteroatoms. The van der Waals surface area contributed by atoms with E-state index in [0.717, 1.165) is 15.7 Å². The molecule has 0 unspecified atom stereocenters. The lowest BCUT2D eigenvalue weighted by molar-refractivity contribution is -0.123. The molecule has 0 aliphatic carbocycles. The van der Waals surface area contributed by atoms with Gasteiger partial charge in [0.15, 0.2) is 6.61 Å². The number of carbonyl (C=O) groups is 1. The van der Waals surface area contributed by atoms with Crippen molar-refractivity contribution in [3.63, 3.8) is 0 Å². The predicted molar refractivity (Wildman–Crippen MR) is 95.6 cm³/mol. The van der Waals surface area contributed by atoms with Crippen LogP contribution in [-0.4, -0.2) is 18.2 Å². The van der Waals surface area contributed by atoms with Crippen LogP contribution >= 0.6 is 15.9 Å². The monoisotopic (exact) mass is 374 g/mol. The summed E-state index contributed by atoms with van der Waals surface area (Å²) in [7, 11) is 0. The molecule has 0 spiro atoms. The second-order valence-corrected chi connectivity index (χ2v) is 6.21. The normalized spacial score (nSPS) is 11.4. The predicted octanol–water partition coefficient (Wildman–Crippen LogP) is 4.00. The Morgan fingerprint density at radius 3 is 2.39 bits per heavy atom. The van der Waals surface area contributed by atoms with Crippen LogP contribution in [0.1, 0.15) is 19.4 Å². The summed E-state index contributed by atoms with van der Waals surface area (Å²) in [6.07, 6.45) is 0. The zero-order valence-electron chi connectivity index (χ0n) is 13.1. The van der Waals surface area contributed by atoms with Gasteiger partial charge in [-0.3, -0.25) is 4.79 Å². The van der Waals surface area contributed by atoms with Crippen molar-refractivity contribution in [2.45, 2.75) is 13.8 Å². The molecule has 2 aromatic rings. The molecular weight excluding hydrogens is 356 g/mol. The van der Waals surface area contributed by atoms with Gasteiger partial charge in [-0.05, 0) is 35.7 Å². The first-order valence-electron chi connectivity index (χ1n) is 7.36. The Morgan fingerprint density at radius 1 is 1.13 bits per heavy atom. The van der Waals surface area contributed by atoms with Crippen LogP contribution in [0.2, 0.25) is 0 Å². The molecule has 2 aromatic carbocycles. The Hall–Kier alpha value is -2.14. The molecular formula is C18H19BrN2O2. The number of amides is 1. The molecule has 0 aliphatic rings. The highest BCUT2D eigenvalue weighted by molar-refractivity contribution is 9.10. The zero-order chi connectivity index (χ0) is 16.7. The minimum absolute atomic E-state index is 0.0781. The zero-order valence-corrected chi connectivity index (χ0v) is 14.7. The Labute approximate surface area is 144 Å². The maximum atomic E-state index is 11.9. The first-order chi connectivity index (χ1) is 11.1. The molecule has 0 radical (unpaired) electrons. The largest absolute Gasteiger partial charge is 0.484 e. The van der Waals surface area contributed by atoms with E-state index in [2.05, 4.69) is 26.5 Å². The molecule has 0 saturated carbocycles. The summed E-state index contributed by atoms with van der Waals surface area (Å²) in [5.74, 6) is 0.548. The van der Waals surface area contributed by atoms with Crippen LogP contribution in [0.3, 0.4) is 0 Å². The van der Waals surface area contributed by atoms with Crippen LogP contribution in [-0.2, 0) is 4.79 Å². The van der Waals surface area contributed by atoms with E-state index in [0.29, 0.717) is 5.75 Å². The van der Waals surface area contributed by atoms with E-state index >= 15 is 0 Å². The van der Waals surface area contributed by atoms with Gasteiger partial charge in [0.05, 0.1) is 5.71 Å². The van der Waals surface area contributed by atoms with Crippen molar-refractivity contribution in [1.82, 2.24) is 5.43 Å². The molecule has 1 N–H and O–H groups in total. The number of rotatable bonds is 6.